The van der Waals surface area contributed by atoms with Gasteiger partial charge in [-0.05, 0) is 42.4 Å². The molecule has 2 aromatic rings. The highest BCUT2D eigenvalue weighted by molar-refractivity contribution is 5.18. The van der Waals surface area contributed by atoms with Crippen molar-refractivity contribution in [1.82, 2.24) is 4.90 Å². The van der Waals surface area contributed by atoms with Gasteiger partial charge in [0.15, 0.2) is 0 Å². The monoisotopic (exact) mass is 349 g/mol. The van der Waals surface area contributed by atoms with Crippen LogP contribution in [0.1, 0.15) is 44.2 Å². The van der Waals surface area contributed by atoms with E-state index >= 15 is 0 Å². The first-order valence-corrected chi connectivity index (χ1v) is 9.88. The molecule has 1 aliphatic rings. The van der Waals surface area contributed by atoms with Crippen LogP contribution in [0.15, 0.2) is 72.5 Å². The van der Waals surface area contributed by atoms with Gasteiger partial charge in [-0.15, -0.1) is 0 Å². The summed E-state index contributed by atoms with van der Waals surface area (Å²) >= 11 is 0. The van der Waals surface area contributed by atoms with E-state index < -0.39 is 0 Å². The van der Waals surface area contributed by atoms with Gasteiger partial charge in [0.05, 0.1) is 5.76 Å². The van der Waals surface area contributed by atoms with Crippen molar-refractivity contribution in [2.45, 2.75) is 52.2 Å². The van der Waals surface area contributed by atoms with Crippen molar-refractivity contribution in [2.75, 3.05) is 0 Å². The highest BCUT2D eigenvalue weighted by Gasteiger charge is 2.36. The molecule has 2 aromatic carbocycles. The minimum atomic E-state index is 0.300. The van der Waals surface area contributed by atoms with Crippen molar-refractivity contribution in [3.05, 3.63) is 83.6 Å². The Hall–Kier alpha value is -2.06. The molecule has 138 valence electrons. The molecule has 3 unspecified atom stereocenters. The molecular weight excluding hydrogens is 318 g/mol. The Labute approximate surface area is 158 Å². The Morgan fingerprint density at radius 3 is 2.00 bits per heavy atom. The van der Waals surface area contributed by atoms with E-state index in [2.05, 4.69) is 79.4 Å². The number of benzene rings is 2. The second-order valence-corrected chi connectivity index (χ2v) is 7.62. The van der Waals surface area contributed by atoms with Gasteiger partial charge in [-0.3, -0.25) is 4.90 Å². The van der Waals surface area contributed by atoms with Crippen LogP contribution in [0.4, 0.5) is 0 Å². The number of rotatable bonds is 7. The van der Waals surface area contributed by atoms with E-state index in [-0.39, 0.29) is 0 Å². The lowest BCUT2D eigenvalue weighted by Gasteiger charge is -2.29. The largest absolute Gasteiger partial charge is 0.512 e. The molecule has 1 N–H and O–H groups in total. The average molecular weight is 350 g/mol. The lowest BCUT2D eigenvalue weighted by Crippen LogP contribution is -2.32. The average Bonchev–Trinajstić information content (AvgIpc) is 3.05. The van der Waals surface area contributed by atoms with Crippen molar-refractivity contribution in [2.24, 2.45) is 11.8 Å². The van der Waals surface area contributed by atoms with Gasteiger partial charge in [0.1, 0.15) is 0 Å². The van der Waals surface area contributed by atoms with Crippen LogP contribution >= 0.6 is 0 Å². The molecule has 2 heteroatoms. The normalized spacial score (nSPS) is 23.5. The van der Waals surface area contributed by atoms with Gasteiger partial charge < -0.3 is 5.11 Å². The van der Waals surface area contributed by atoms with Crippen molar-refractivity contribution in [3.63, 3.8) is 0 Å². The lowest BCUT2D eigenvalue weighted by molar-refractivity contribution is 0.174. The molecular formula is C24H31NO. The van der Waals surface area contributed by atoms with Gasteiger partial charge in [0.25, 0.3) is 0 Å². The van der Waals surface area contributed by atoms with Crippen molar-refractivity contribution in [3.8, 4) is 0 Å². The van der Waals surface area contributed by atoms with Gasteiger partial charge >= 0.3 is 0 Å². The third-order valence-electron chi connectivity index (χ3n) is 5.62. The van der Waals surface area contributed by atoms with Crippen LogP contribution < -0.4 is 0 Å². The van der Waals surface area contributed by atoms with Crippen LogP contribution in [0.2, 0.25) is 0 Å². The van der Waals surface area contributed by atoms with Gasteiger partial charge in [0.2, 0.25) is 0 Å². The van der Waals surface area contributed by atoms with Crippen LogP contribution in [0.3, 0.4) is 0 Å². The van der Waals surface area contributed by atoms with Gasteiger partial charge in [-0.25, -0.2) is 0 Å². The smallest absolute Gasteiger partial charge is 0.0916 e. The van der Waals surface area contributed by atoms with Crippen molar-refractivity contribution < 1.29 is 5.11 Å². The van der Waals surface area contributed by atoms with Crippen LogP contribution in [-0.4, -0.2) is 16.0 Å². The SMILES string of the molecule is CC/C=C(/O)C1CC(N(Cc2ccccc2)Cc2ccccc2)CC1C. The molecule has 0 spiro atoms. The van der Waals surface area contributed by atoms with Crippen LogP contribution in [0, 0.1) is 11.8 Å². The maximum Gasteiger partial charge on any atom is 0.0916 e. The van der Waals surface area contributed by atoms with Gasteiger partial charge in [-0.1, -0.05) is 74.5 Å². The number of hydrogen-bond donors (Lipinski definition) is 1. The standard InChI is InChI=1S/C24H31NO/c1-3-10-24(26)23-16-22(15-19(23)2)25(17-20-11-6-4-7-12-20)18-21-13-8-5-9-14-21/h4-14,19,22-23,26H,3,15-18H2,1-2H3/b24-10+. The second-order valence-electron chi connectivity index (χ2n) is 7.62. The topological polar surface area (TPSA) is 23.5 Å². The van der Waals surface area contributed by atoms with E-state index in [0.717, 1.165) is 32.4 Å². The molecule has 1 fully saturated rings. The molecule has 1 aliphatic carbocycles. The van der Waals surface area contributed by atoms with E-state index in [1.165, 1.54) is 11.1 Å². The molecule has 0 saturated heterocycles. The summed E-state index contributed by atoms with van der Waals surface area (Å²) < 4.78 is 0. The fraction of sp³-hybridized carbons (Fsp3) is 0.417. The molecule has 0 heterocycles. The molecule has 0 amide bonds. The summed E-state index contributed by atoms with van der Waals surface area (Å²) in [6.45, 7) is 6.29. The minimum absolute atomic E-state index is 0.300. The molecule has 1 saturated carbocycles. The van der Waals surface area contributed by atoms with E-state index in [9.17, 15) is 5.11 Å². The number of aliphatic hydroxyl groups is 1. The summed E-state index contributed by atoms with van der Waals surface area (Å²) in [5.41, 5.74) is 2.71. The molecule has 0 radical (unpaired) electrons. The summed E-state index contributed by atoms with van der Waals surface area (Å²) in [6, 6.07) is 22.0. The third-order valence-corrected chi connectivity index (χ3v) is 5.62. The fourth-order valence-corrected chi connectivity index (χ4v) is 4.24. The fourth-order valence-electron chi connectivity index (χ4n) is 4.24. The molecule has 0 aliphatic heterocycles. The summed E-state index contributed by atoms with van der Waals surface area (Å²) in [4.78, 5) is 2.60. The Morgan fingerprint density at radius 1 is 0.962 bits per heavy atom. The molecule has 0 aromatic heterocycles. The van der Waals surface area contributed by atoms with Crippen molar-refractivity contribution >= 4 is 0 Å². The molecule has 3 rings (SSSR count). The highest BCUT2D eigenvalue weighted by atomic mass is 16.3. The first-order valence-electron chi connectivity index (χ1n) is 9.88. The minimum Gasteiger partial charge on any atom is -0.512 e. The molecule has 0 bridgehead atoms. The highest BCUT2D eigenvalue weighted by Crippen LogP contribution is 2.39. The summed E-state index contributed by atoms with van der Waals surface area (Å²) in [5, 5.41) is 10.4. The molecule has 3 atom stereocenters. The summed E-state index contributed by atoms with van der Waals surface area (Å²) in [6.07, 6.45) is 5.08. The Kier molecular flexibility index (Phi) is 6.51. The van der Waals surface area contributed by atoms with E-state index in [0.29, 0.717) is 23.6 Å². The van der Waals surface area contributed by atoms with Crippen LogP contribution in [-0.2, 0) is 13.1 Å². The third kappa shape index (κ3) is 4.76. The van der Waals surface area contributed by atoms with Crippen LogP contribution in [0.25, 0.3) is 0 Å². The second kappa shape index (κ2) is 9.05. The summed E-state index contributed by atoms with van der Waals surface area (Å²) in [7, 11) is 0. The van der Waals surface area contributed by atoms with Gasteiger partial charge in [0, 0.05) is 25.0 Å². The first-order chi connectivity index (χ1) is 12.7. The zero-order chi connectivity index (χ0) is 18.4. The van der Waals surface area contributed by atoms with E-state index in [1.54, 1.807) is 0 Å². The van der Waals surface area contributed by atoms with E-state index in [4.69, 9.17) is 0 Å². The predicted molar refractivity (Wildman–Crippen MR) is 109 cm³/mol. The number of allylic oxidation sites excluding steroid dienone is 2. The Morgan fingerprint density at radius 2 is 1.50 bits per heavy atom. The Balaban J connectivity index is 1.78. The maximum atomic E-state index is 10.4. The molecule has 2 nitrogen and oxygen atoms in total. The quantitative estimate of drug-likeness (QED) is 0.624. The molecule has 26 heavy (non-hydrogen) atoms. The zero-order valence-electron chi connectivity index (χ0n) is 16.0. The number of aliphatic hydroxyl groups excluding tert-OH is 1. The predicted octanol–water partition coefficient (Wildman–Crippen LogP) is 5.96. The van der Waals surface area contributed by atoms with Crippen LogP contribution in [0.5, 0.6) is 0 Å². The number of nitrogens with zero attached hydrogens (tertiary/aromatic N) is 1. The van der Waals surface area contributed by atoms with E-state index in [1.807, 2.05) is 6.08 Å². The maximum absolute atomic E-state index is 10.4. The lowest BCUT2D eigenvalue weighted by atomic mass is 9.95. The zero-order valence-corrected chi connectivity index (χ0v) is 16.0. The first kappa shape index (κ1) is 18.7. The van der Waals surface area contributed by atoms with Crippen molar-refractivity contribution in [1.29, 1.82) is 0 Å². The van der Waals surface area contributed by atoms with Gasteiger partial charge in [-0.2, -0.15) is 0 Å². The summed E-state index contributed by atoms with van der Waals surface area (Å²) in [5.74, 6) is 1.42. The Bertz CT molecular complexity index is 653. The number of hydrogen-bond acceptors (Lipinski definition) is 2.